The molecule has 0 unspecified atom stereocenters. The van der Waals surface area contributed by atoms with Gasteiger partial charge in [-0.2, -0.15) is 0 Å². The van der Waals surface area contributed by atoms with Crippen LogP contribution in [0, 0.1) is 20.2 Å². The number of nitro benzene ring substituents is 2. The second kappa shape index (κ2) is 21.1. The van der Waals surface area contributed by atoms with Gasteiger partial charge in [-0.05, 0) is 50.2 Å². The molecule has 53 heavy (non-hydrogen) atoms. The van der Waals surface area contributed by atoms with Gasteiger partial charge in [0.2, 0.25) is 11.5 Å². The van der Waals surface area contributed by atoms with Gasteiger partial charge >= 0.3 is 11.4 Å². The Morgan fingerprint density at radius 1 is 0.528 bits per heavy atom. The molecular weight excluding hydrogens is 778 g/mol. The highest BCUT2D eigenvalue weighted by atomic mass is 35.5. The minimum Gasteiger partial charge on any atom is -0.484 e. The second-order valence-electron chi connectivity index (χ2n) is 10.8. The topological polar surface area (TPSA) is 151 Å². The Morgan fingerprint density at radius 3 is 1.26 bits per heavy atom. The van der Waals surface area contributed by atoms with Crippen LogP contribution in [-0.4, -0.2) is 75.9 Å². The highest BCUT2D eigenvalue weighted by Crippen LogP contribution is 2.52. The lowest BCUT2D eigenvalue weighted by atomic mass is 10.0. The van der Waals surface area contributed by atoms with Gasteiger partial charge in [0.15, 0.2) is 0 Å². The molecule has 0 aliphatic carbocycles. The molecule has 0 amide bonds. The number of hydrogen-bond donors (Lipinski definition) is 0. The van der Waals surface area contributed by atoms with Crippen LogP contribution in [0.25, 0.3) is 22.3 Å². The van der Waals surface area contributed by atoms with Crippen LogP contribution in [0.5, 0.6) is 23.0 Å². The van der Waals surface area contributed by atoms with Crippen LogP contribution in [-0.2, 0) is 18.9 Å². The molecule has 4 aromatic rings. The highest BCUT2D eigenvalue weighted by Gasteiger charge is 2.30. The molecule has 0 aliphatic heterocycles. The Morgan fingerprint density at radius 2 is 0.906 bits per heavy atom. The van der Waals surface area contributed by atoms with E-state index in [0.717, 1.165) is 0 Å². The van der Waals surface area contributed by atoms with Gasteiger partial charge in [0, 0.05) is 46.5 Å². The molecule has 0 bridgehead atoms. The highest BCUT2D eigenvalue weighted by molar-refractivity contribution is 6.37. The zero-order chi connectivity index (χ0) is 38.3. The van der Waals surface area contributed by atoms with Crippen molar-refractivity contribution in [3.8, 4) is 45.3 Å². The van der Waals surface area contributed by atoms with Crippen LogP contribution in [0.2, 0.25) is 20.1 Å². The number of hydrogen-bond acceptors (Lipinski definition) is 11. The van der Waals surface area contributed by atoms with Gasteiger partial charge < -0.3 is 33.2 Å². The fourth-order valence-electron chi connectivity index (χ4n) is 5.00. The zero-order valence-corrected chi connectivity index (χ0v) is 31.8. The summed E-state index contributed by atoms with van der Waals surface area (Å²) in [7, 11) is 0. The van der Waals surface area contributed by atoms with E-state index >= 15 is 0 Å². The second-order valence-corrected chi connectivity index (χ2v) is 12.4. The number of benzene rings is 4. The van der Waals surface area contributed by atoms with Crippen LogP contribution < -0.4 is 14.2 Å². The maximum Gasteiger partial charge on any atom is 0.311 e. The van der Waals surface area contributed by atoms with E-state index < -0.39 is 9.85 Å². The van der Waals surface area contributed by atoms with Gasteiger partial charge in [-0.3, -0.25) is 20.2 Å². The SMILES string of the molecule is CCOCCOCCOc1c([N+](=O)[O-])ccc(Oc2ccc([N+](=O)[O-])c(OCCOCCOCC)c2-c2ccc(Cl)cc2Cl)c1-c1ccc(Cl)cc1Cl. The van der Waals surface area contributed by atoms with Crippen LogP contribution in [0.3, 0.4) is 0 Å². The van der Waals surface area contributed by atoms with E-state index in [9.17, 15) is 20.2 Å². The summed E-state index contributed by atoms with van der Waals surface area (Å²) in [5.41, 5.74) is 0.0153. The first kappa shape index (κ1) is 41.8. The first-order chi connectivity index (χ1) is 25.6. The third-order valence-corrected chi connectivity index (χ3v) is 8.41. The average Bonchev–Trinajstić information content (AvgIpc) is 3.11. The van der Waals surface area contributed by atoms with Gasteiger partial charge in [0.1, 0.15) is 24.7 Å². The van der Waals surface area contributed by atoms with Crippen LogP contribution in [0.1, 0.15) is 13.8 Å². The molecule has 0 N–H and O–H groups in total. The molecule has 0 spiro atoms. The summed E-state index contributed by atoms with van der Waals surface area (Å²) in [6, 6.07) is 14.3. The van der Waals surface area contributed by atoms with Crippen molar-refractivity contribution >= 4 is 57.8 Å². The summed E-state index contributed by atoms with van der Waals surface area (Å²) in [6.07, 6.45) is 0. The summed E-state index contributed by atoms with van der Waals surface area (Å²) in [5, 5.41) is 25.6. The molecule has 17 heteroatoms. The van der Waals surface area contributed by atoms with Crippen molar-refractivity contribution in [1.29, 1.82) is 0 Å². The average molecular weight is 814 g/mol. The predicted octanol–water partition coefficient (Wildman–Crippen LogP) is 10.1. The summed E-state index contributed by atoms with van der Waals surface area (Å²) in [6.45, 7) is 6.10. The number of nitro groups is 2. The Balaban J connectivity index is 1.87. The fraction of sp³-hybridized carbons (Fsp3) is 0.333. The van der Waals surface area contributed by atoms with Crippen LogP contribution in [0.4, 0.5) is 11.4 Å². The molecule has 0 saturated carbocycles. The number of rotatable bonds is 22. The summed E-state index contributed by atoms with van der Waals surface area (Å²) >= 11 is 25.8. The molecule has 0 heterocycles. The minimum absolute atomic E-state index is 0.0393. The third-order valence-electron chi connectivity index (χ3n) is 7.31. The lowest BCUT2D eigenvalue weighted by Crippen LogP contribution is -2.12. The smallest absolute Gasteiger partial charge is 0.311 e. The van der Waals surface area contributed by atoms with E-state index in [-0.39, 0.29) is 106 Å². The largest absolute Gasteiger partial charge is 0.484 e. The van der Waals surface area contributed by atoms with Gasteiger partial charge in [0.25, 0.3) is 0 Å². The van der Waals surface area contributed by atoms with Crippen molar-refractivity contribution in [1.82, 2.24) is 0 Å². The summed E-state index contributed by atoms with van der Waals surface area (Å²) in [4.78, 5) is 23.5. The monoisotopic (exact) mass is 812 g/mol. The van der Waals surface area contributed by atoms with Gasteiger partial charge in [-0.15, -0.1) is 0 Å². The lowest BCUT2D eigenvalue weighted by molar-refractivity contribution is -0.386. The third kappa shape index (κ3) is 11.5. The van der Waals surface area contributed by atoms with Crippen LogP contribution >= 0.6 is 46.4 Å². The molecule has 0 atom stereocenters. The zero-order valence-electron chi connectivity index (χ0n) is 28.7. The Hall–Kier alpha value is -3.92. The number of ether oxygens (including phenoxy) is 7. The molecule has 0 fully saturated rings. The molecule has 0 saturated heterocycles. The van der Waals surface area contributed by atoms with Crippen molar-refractivity contribution < 1.29 is 43.0 Å². The Kier molecular flexibility index (Phi) is 16.6. The molecule has 0 radical (unpaired) electrons. The van der Waals surface area contributed by atoms with Crippen molar-refractivity contribution in [2.45, 2.75) is 13.8 Å². The van der Waals surface area contributed by atoms with E-state index in [4.69, 9.17) is 79.6 Å². The van der Waals surface area contributed by atoms with Crippen molar-refractivity contribution in [3.63, 3.8) is 0 Å². The van der Waals surface area contributed by atoms with E-state index in [2.05, 4.69) is 0 Å². The van der Waals surface area contributed by atoms with Gasteiger partial charge in [0.05, 0.1) is 70.7 Å². The van der Waals surface area contributed by atoms with E-state index in [1.54, 1.807) is 24.3 Å². The minimum atomic E-state index is -0.602. The predicted molar refractivity (Wildman–Crippen MR) is 203 cm³/mol. The first-order valence-corrected chi connectivity index (χ1v) is 17.9. The quantitative estimate of drug-likeness (QED) is 0.0424. The molecule has 0 aliphatic rings. The van der Waals surface area contributed by atoms with E-state index in [0.29, 0.717) is 36.5 Å². The normalized spacial score (nSPS) is 11.1. The lowest BCUT2D eigenvalue weighted by Gasteiger charge is -2.21. The van der Waals surface area contributed by atoms with E-state index in [1.165, 1.54) is 36.4 Å². The molecule has 4 rings (SSSR count). The maximum atomic E-state index is 12.3. The fourth-order valence-corrected chi connectivity index (χ4v) is 6.01. The van der Waals surface area contributed by atoms with Crippen molar-refractivity contribution in [3.05, 3.63) is 101 Å². The number of nitrogens with zero attached hydrogens (tertiary/aromatic N) is 2. The van der Waals surface area contributed by atoms with Crippen molar-refractivity contribution in [2.75, 3.05) is 66.1 Å². The Bertz CT molecular complexity index is 1750. The summed E-state index contributed by atoms with van der Waals surface area (Å²) < 4.78 is 40.3. The standard InChI is InChI=1S/C36H36Cl4N2O11/c1-3-47-13-15-49-17-19-51-35-29(41(43)44)9-11-31(33(35)25-7-5-23(37)21-27(25)39)53-32-12-10-30(42(45)46)36(52-20-18-50-16-14-48-4-2)34(32)26-8-6-24(38)22-28(26)40/h5-12,21-22H,3-4,13-20H2,1-2H3. The summed E-state index contributed by atoms with van der Waals surface area (Å²) in [5.74, 6) is -0.257. The van der Waals surface area contributed by atoms with Crippen molar-refractivity contribution in [2.24, 2.45) is 0 Å². The Labute approximate surface area is 325 Å². The van der Waals surface area contributed by atoms with E-state index in [1.807, 2.05) is 13.8 Å². The van der Waals surface area contributed by atoms with Gasteiger partial charge in [-0.1, -0.05) is 58.5 Å². The molecule has 13 nitrogen and oxygen atoms in total. The molecule has 0 aromatic heterocycles. The van der Waals surface area contributed by atoms with Gasteiger partial charge in [-0.25, -0.2) is 0 Å². The molecule has 284 valence electrons. The maximum absolute atomic E-state index is 12.3. The molecular formula is C36H36Cl4N2O11. The molecule has 4 aromatic carbocycles. The van der Waals surface area contributed by atoms with Crippen LogP contribution in [0.15, 0.2) is 60.7 Å². The first-order valence-electron chi connectivity index (χ1n) is 16.3. The number of halogens is 4.